The molecule has 0 rings (SSSR count). The van der Waals surface area contributed by atoms with Gasteiger partial charge in [-0.15, -0.1) is 0 Å². The number of nitrogens with one attached hydrogen (secondary N) is 1. The van der Waals surface area contributed by atoms with Gasteiger partial charge in [0, 0.05) is 6.04 Å². The van der Waals surface area contributed by atoms with Crippen molar-refractivity contribution in [1.29, 1.82) is 5.41 Å². The fourth-order valence-corrected chi connectivity index (χ4v) is 1.45. The molecule has 0 saturated carbocycles. The van der Waals surface area contributed by atoms with Gasteiger partial charge >= 0.3 is 0 Å². The third kappa shape index (κ3) is 4.27. The van der Waals surface area contributed by atoms with Gasteiger partial charge in [-0.2, -0.15) is 0 Å². The van der Waals surface area contributed by atoms with Gasteiger partial charge in [-0.1, -0.05) is 13.8 Å². The molecule has 2 unspecified atom stereocenters. The highest BCUT2D eigenvalue weighted by Crippen LogP contribution is 2.11. The maximum Gasteiger partial charge on any atom is 0.108 e. The molecule has 0 aliphatic heterocycles. The Hall–Kier alpha value is -0.570. The predicted molar refractivity (Wildman–Crippen MR) is 58.1 cm³/mol. The van der Waals surface area contributed by atoms with Gasteiger partial charge in [0.1, 0.15) is 5.84 Å². The van der Waals surface area contributed by atoms with Crippen LogP contribution in [0.15, 0.2) is 0 Å². The van der Waals surface area contributed by atoms with E-state index in [-0.39, 0.29) is 11.9 Å². The van der Waals surface area contributed by atoms with Crippen LogP contribution in [0.3, 0.4) is 0 Å². The Morgan fingerprint density at radius 3 is 2.08 bits per heavy atom. The largest absolute Gasteiger partial charge is 0.386 e. The van der Waals surface area contributed by atoms with Gasteiger partial charge < -0.3 is 5.73 Å². The van der Waals surface area contributed by atoms with Crippen LogP contribution in [-0.4, -0.2) is 29.9 Å². The monoisotopic (exact) mass is 185 g/mol. The Morgan fingerprint density at radius 2 is 1.77 bits per heavy atom. The van der Waals surface area contributed by atoms with Crippen LogP contribution in [0.5, 0.6) is 0 Å². The first-order chi connectivity index (χ1) is 5.86. The van der Waals surface area contributed by atoms with E-state index in [4.69, 9.17) is 11.1 Å². The van der Waals surface area contributed by atoms with Crippen molar-refractivity contribution in [2.24, 2.45) is 11.7 Å². The molecule has 0 saturated heterocycles. The molecule has 3 heteroatoms. The summed E-state index contributed by atoms with van der Waals surface area (Å²) < 4.78 is 0. The van der Waals surface area contributed by atoms with E-state index in [0.29, 0.717) is 12.0 Å². The molecular formula is C10H23N3. The van der Waals surface area contributed by atoms with E-state index in [1.54, 1.807) is 0 Å². The summed E-state index contributed by atoms with van der Waals surface area (Å²) >= 11 is 0. The van der Waals surface area contributed by atoms with Crippen molar-refractivity contribution in [3.8, 4) is 0 Å². The molecule has 0 spiro atoms. The molecule has 0 aliphatic carbocycles. The summed E-state index contributed by atoms with van der Waals surface area (Å²) in [6, 6.07) is 0.535. The summed E-state index contributed by atoms with van der Waals surface area (Å²) in [6.07, 6.45) is 1.15. The average molecular weight is 185 g/mol. The van der Waals surface area contributed by atoms with Crippen molar-refractivity contribution in [3.63, 3.8) is 0 Å². The van der Waals surface area contributed by atoms with E-state index in [0.717, 1.165) is 6.42 Å². The fraction of sp³-hybridized carbons (Fsp3) is 0.900. The standard InChI is InChI=1S/C10H23N3/c1-7(2)6-8(3)13(5)9(4)10(11)12/h7-9H,6H2,1-5H3,(H3,11,12). The van der Waals surface area contributed by atoms with Gasteiger partial charge in [0.2, 0.25) is 0 Å². The Kier molecular flexibility index (Phi) is 4.99. The SMILES string of the molecule is CC(C)CC(C)N(C)C(C)C(=N)N. The van der Waals surface area contributed by atoms with Crippen molar-refractivity contribution in [1.82, 2.24) is 4.90 Å². The summed E-state index contributed by atoms with van der Waals surface area (Å²) in [6.45, 7) is 8.57. The number of nitrogens with two attached hydrogens (primary N) is 1. The zero-order valence-electron chi connectivity index (χ0n) is 9.46. The van der Waals surface area contributed by atoms with Crippen molar-refractivity contribution in [3.05, 3.63) is 0 Å². The maximum absolute atomic E-state index is 7.34. The molecule has 2 atom stereocenters. The highest BCUT2D eigenvalue weighted by Gasteiger charge is 2.18. The number of hydrogen-bond acceptors (Lipinski definition) is 2. The molecule has 3 nitrogen and oxygen atoms in total. The highest BCUT2D eigenvalue weighted by atomic mass is 15.2. The van der Waals surface area contributed by atoms with Gasteiger partial charge in [-0.3, -0.25) is 10.3 Å². The first-order valence-corrected chi connectivity index (χ1v) is 4.92. The summed E-state index contributed by atoms with van der Waals surface area (Å²) in [5.41, 5.74) is 5.45. The lowest BCUT2D eigenvalue weighted by Gasteiger charge is -2.30. The van der Waals surface area contributed by atoms with Crippen molar-refractivity contribution < 1.29 is 0 Å². The molecule has 3 N–H and O–H groups in total. The van der Waals surface area contributed by atoms with Crippen LogP contribution in [0.4, 0.5) is 0 Å². The molecule has 0 aliphatic rings. The summed E-state index contributed by atoms with van der Waals surface area (Å²) in [5, 5.41) is 7.34. The molecule has 0 amide bonds. The lowest BCUT2D eigenvalue weighted by molar-refractivity contribution is 0.210. The predicted octanol–water partition coefficient (Wildman–Crippen LogP) is 1.68. The minimum Gasteiger partial charge on any atom is -0.386 e. The van der Waals surface area contributed by atoms with E-state index in [9.17, 15) is 0 Å². The van der Waals surface area contributed by atoms with Gasteiger partial charge in [0.25, 0.3) is 0 Å². The first kappa shape index (κ1) is 12.4. The van der Waals surface area contributed by atoms with Gasteiger partial charge in [0.15, 0.2) is 0 Å². The minimum atomic E-state index is 0.0498. The van der Waals surface area contributed by atoms with Crippen LogP contribution >= 0.6 is 0 Å². The molecule has 0 heterocycles. The Labute approximate surface area is 81.8 Å². The van der Waals surface area contributed by atoms with Gasteiger partial charge in [-0.05, 0) is 33.2 Å². The molecule has 13 heavy (non-hydrogen) atoms. The number of nitrogens with zero attached hydrogens (tertiary/aromatic N) is 1. The minimum absolute atomic E-state index is 0.0498. The van der Waals surface area contributed by atoms with E-state index in [2.05, 4.69) is 25.7 Å². The van der Waals surface area contributed by atoms with Crippen LogP contribution in [0, 0.1) is 11.3 Å². The maximum atomic E-state index is 7.34. The third-order valence-corrected chi connectivity index (χ3v) is 2.57. The fourth-order valence-electron chi connectivity index (χ4n) is 1.45. The second kappa shape index (κ2) is 5.22. The zero-order chi connectivity index (χ0) is 10.6. The van der Waals surface area contributed by atoms with Crippen LogP contribution in [0.1, 0.15) is 34.1 Å². The number of likely N-dealkylation sites (N-methyl/N-ethyl adjacent to an activating group) is 1. The Bertz CT molecular complexity index is 166. The van der Waals surface area contributed by atoms with Gasteiger partial charge in [-0.25, -0.2) is 0 Å². The van der Waals surface area contributed by atoms with E-state index in [1.807, 2.05) is 14.0 Å². The Balaban J connectivity index is 4.08. The summed E-state index contributed by atoms with van der Waals surface area (Å²) in [5.74, 6) is 0.940. The highest BCUT2D eigenvalue weighted by molar-refractivity contribution is 5.82. The summed E-state index contributed by atoms with van der Waals surface area (Å²) in [7, 11) is 2.03. The second-order valence-corrected chi connectivity index (χ2v) is 4.28. The molecule has 0 aromatic rings. The Morgan fingerprint density at radius 1 is 1.31 bits per heavy atom. The normalized spacial score (nSPS) is 16.2. The number of hydrogen-bond donors (Lipinski definition) is 2. The topological polar surface area (TPSA) is 53.1 Å². The van der Waals surface area contributed by atoms with E-state index in [1.165, 1.54) is 0 Å². The molecule has 0 bridgehead atoms. The van der Waals surface area contributed by atoms with E-state index < -0.39 is 0 Å². The first-order valence-electron chi connectivity index (χ1n) is 4.92. The van der Waals surface area contributed by atoms with Crippen LogP contribution in [-0.2, 0) is 0 Å². The van der Waals surface area contributed by atoms with Crippen molar-refractivity contribution >= 4 is 5.84 Å². The number of amidine groups is 1. The third-order valence-electron chi connectivity index (χ3n) is 2.57. The molecular weight excluding hydrogens is 162 g/mol. The zero-order valence-corrected chi connectivity index (χ0v) is 9.46. The van der Waals surface area contributed by atoms with Crippen molar-refractivity contribution in [2.75, 3.05) is 7.05 Å². The van der Waals surface area contributed by atoms with Crippen LogP contribution in [0.2, 0.25) is 0 Å². The smallest absolute Gasteiger partial charge is 0.108 e. The lowest BCUT2D eigenvalue weighted by atomic mass is 10.0. The summed E-state index contributed by atoms with van der Waals surface area (Å²) in [4.78, 5) is 2.16. The van der Waals surface area contributed by atoms with Crippen LogP contribution < -0.4 is 5.73 Å². The molecule has 0 fully saturated rings. The van der Waals surface area contributed by atoms with Crippen LogP contribution in [0.25, 0.3) is 0 Å². The van der Waals surface area contributed by atoms with Crippen molar-refractivity contribution in [2.45, 2.75) is 46.2 Å². The quantitative estimate of drug-likeness (QED) is 0.506. The van der Waals surface area contributed by atoms with E-state index >= 15 is 0 Å². The number of rotatable bonds is 5. The lowest BCUT2D eigenvalue weighted by Crippen LogP contribution is -2.44. The molecule has 0 radical (unpaired) electrons. The van der Waals surface area contributed by atoms with Gasteiger partial charge in [0.05, 0.1) is 6.04 Å². The second-order valence-electron chi connectivity index (χ2n) is 4.28. The molecule has 78 valence electrons. The molecule has 0 aromatic carbocycles. The average Bonchev–Trinajstić information content (AvgIpc) is 2.00. The molecule has 0 aromatic heterocycles.